The van der Waals surface area contributed by atoms with E-state index in [1.54, 1.807) is 0 Å². The predicted molar refractivity (Wildman–Crippen MR) is 71.3 cm³/mol. The van der Waals surface area contributed by atoms with E-state index in [0.717, 1.165) is 23.6 Å². The largest absolute Gasteiger partial charge is 0.356 e. The zero-order valence-corrected chi connectivity index (χ0v) is 10.9. The van der Waals surface area contributed by atoms with Gasteiger partial charge in [-0.25, -0.2) is 0 Å². The summed E-state index contributed by atoms with van der Waals surface area (Å²) in [6.07, 6.45) is 2.42. The Kier molecular flexibility index (Phi) is 2.92. The highest BCUT2D eigenvalue weighted by atomic mass is 16.5. The van der Waals surface area contributed by atoms with Crippen LogP contribution in [0.15, 0.2) is 34.9 Å². The molecule has 3 rings (SSSR count). The molecule has 0 radical (unpaired) electrons. The lowest BCUT2D eigenvalue weighted by Crippen LogP contribution is -2.17. The SMILES string of the molecule is Cc1cccc(-c2cc(C3CCCN3C)no2)c1. The topological polar surface area (TPSA) is 29.3 Å². The molecule has 3 nitrogen and oxygen atoms in total. The minimum atomic E-state index is 0.423. The Morgan fingerprint density at radius 2 is 2.22 bits per heavy atom. The van der Waals surface area contributed by atoms with Crippen molar-refractivity contribution >= 4 is 0 Å². The van der Waals surface area contributed by atoms with Gasteiger partial charge in [0.15, 0.2) is 5.76 Å². The van der Waals surface area contributed by atoms with Gasteiger partial charge in [-0.3, -0.25) is 4.90 Å². The quantitative estimate of drug-likeness (QED) is 0.808. The first-order valence-corrected chi connectivity index (χ1v) is 6.48. The average molecular weight is 242 g/mol. The molecule has 1 atom stereocenters. The van der Waals surface area contributed by atoms with E-state index in [4.69, 9.17) is 4.52 Å². The summed E-state index contributed by atoms with van der Waals surface area (Å²) in [5.41, 5.74) is 3.41. The number of hydrogen-bond donors (Lipinski definition) is 0. The lowest BCUT2D eigenvalue weighted by Gasteiger charge is -2.15. The van der Waals surface area contributed by atoms with E-state index in [2.05, 4.69) is 54.4 Å². The third-order valence-corrected chi connectivity index (χ3v) is 3.69. The first-order chi connectivity index (χ1) is 8.74. The summed E-state index contributed by atoms with van der Waals surface area (Å²) in [5, 5.41) is 4.24. The smallest absolute Gasteiger partial charge is 0.167 e. The number of hydrogen-bond acceptors (Lipinski definition) is 3. The molecule has 18 heavy (non-hydrogen) atoms. The predicted octanol–water partition coefficient (Wildman–Crippen LogP) is 3.42. The van der Waals surface area contributed by atoms with Crippen molar-refractivity contribution in [3.8, 4) is 11.3 Å². The normalized spacial score (nSPS) is 20.4. The summed E-state index contributed by atoms with van der Waals surface area (Å²) in [5.74, 6) is 0.869. The highest BCUT2D eigenvalue weighted by Gasteiger charge is 2.25. The summed E-state index contributed by atoms with van der Waals surface area (Å²) < 4.78 is 5.49. The van der Waals surface area contributed by atoms with E-state index in [-0.39, 0.29) is 0 Å². The van der Waals surface area contributed by atoms with Crippen LogP contribution in [0.4, 0.5) is 0 Å². The molecule has 1 aliphatic rings. The molecule has 1 aromatic heterocycles. The molecular formula is C15H18N2O. The first-order valence-electron chi connectivity index (χ1n) is 6.48. The molecule has 1 aliphatic heterocycles. The number of aryl methyl sites for hydroxylation is 1. The Hall–Kier alpha value is -1.61. The second-order valence-corrected chi connectivity index (χ2v) is 5.12. The molecule has 1 saturated heterocycles. The molecule has 1 unspecified atom stereocenters. The molecule has 3 heteroatoms. The Morgan fingerprint density at radius 3 is 2.94 bits per heavy atom. The van der Waals surface area contributed by atoms with Crippen LogP contribution in [0.25, 0.3) is 11.3 Å². The Balaban J connectivity index is 1.89. The van der Waals surface area contributed by atoms with Crippen molar-refractivity contribution in [2.45, 2.75) is 25.8 Å². The van der Waals surface area contributed by atoms with Crippen molar-refractivity contribution in [2.24, 2.45) is 0 Å². The Morgan fingerprint density at radius 1 is 1.33 bits per heavy atom. The maximum absolute atomic E-state index is 5.49. The second-order valence-electron chi connectivity index (χ2n) is 5.12. The molecule has 0 aliphatic carbocycles. The van der Waals surface area contributed by atoms with Crippen molar-refractivity contribution in [2.75, 3.05) is 13.6 Å². The van der Waals surface area contributed by atoms with Gasteiger partial charge in [-0.15, -0.1) is 0 Å². The zero-order chi connectivity index (χ0) is 12.5. The molecule has 2 heterocycles. The molecule has 1 fully saturated rings. The van der Waals surface area contributed by atoms with Crippen LogP contribution in [-0.2, 0) is 0 Å². The summed E-state index contributed by atoms with van der Waals surface area (Å²) in [4.78, 5) is 2.35. The molecule has 2 aromatic rings. The lowest BCUT2D eigenvalue weighted by atomic mass is 10.1. The van der Waals surface area contributed by atoms with Gasteiger partial charge in [0.05, 0.1) is 6.04 Å². The number of likely N-dealkylation sites (tertiary alicyclic amines) is 1. The first kappa shape index (κ1) is 11.5. The van der Waals surface area contributed by atoms with Crippen molar-refractivity contribution in [1.29, 1.82) is 0 Å². The van der Waals surface area contributed by atoms with Gasteiger partial charge in [0, 0.05) is 11.6 Å². The maximum atomic E-state index is 5.49. The van der Waals surface area contributed by atoms with Crippen molar-refractivity contribution in [3.05, 3.63) is 41.6 Å². The third kappa shape index (κ3) is 2.06. The van der Waals surface area contributed by atoms with E-state index in [0.29, 0.717) is 6.04 Å². The van der Waals surface area contributed by atoms with Gasteiger partial charge in [0.25, 0.3) is 0 Å². The van der Waals surface area contributed by atoms with Crippen molar-refractivity contribution < 1.29 is 4.52 Å². The van der Waals surface area contributed by atoms with Crippen LogP contribution in [-0.4, -0.2) is 23.6 Å². The summed E-state index contributed by atoms with van der Waals surface area (Å²) in [6.45, 7) is 3.24. The fourth-order valence-electron chi connectivity index (χ4n) is 2.66. The van der Waals surface area contributed by atoms with Crippen LogP contribution in [0.1, 0.15) is 30.1 Å². The van der Waals surface area contributed by atoms with Crippen LogP contribution in [0, 0.1) is 6.92 Å². The monoisotopic (exact) mass is 242 g/mol. The number of nitrogens with zero attached hydrogens (tertiary/aromatic N) is 2. The molecular weight excluding hydrogens is 224 g/mol. The minimum Gasteiger partial charge on any atom is -0.356 e. The molecule has 0 saturated carbocycles. The third-order valence-electron chi connectivity index (χ3n) is 3.69. The second kappa shape index (κ2) is 4.58. The van der Waals surface area contributed by atoms with Crippen LogP contribution in [0.3, 0.4) is 0 Å². The zero-order valence-electron chi connectivity index (χ0n) is 10.9. The molecule has 0 spiro atoms. The van der Waals surface area contributed by atoms with Gasteiger partial charge >= 0.3 is 0 Å². The molecule has 0 bridgehead atoms. The molecule has 0 amide bonds. The highest BCUT2D eigenvalue weighted by molar-refractivity contribution is 5.58. The average Bonchev–Trinajstić information content (AvgIpc) is 2.97. The highest BCUT2D eigenvalue weighted by Crippen LogP contribution is 2.32. The molecule has 94 valence electrons. The van der Waals surface area contributed by atoms with Gasteiger partial charge in [-0.1, -0.05) is 28.9 Å². The fraction of sp³-hybridized carbons (Fsp3) is 0.400. The van der Waals surface area contributed by atoms with E-state index >= 15 is 0 Å². The minimum absolute atomic E-state index is 0.423. The molecule has 1 aromatic carbocycles. The van der Waals surface area contributed by atoms with E-state index in [1.807, 2.05) is 0 Å². The summed E-state index contributed by atoms with van der Waals surface area (Å²) in [6, 6.07) is 10.8. The van der Waals surface area contributed by atoms with Crippen LogP contribution in [0.5, 0.6) is 0 Å². The molecule has 0 N–H and O–H groups in total. The van der Waals surface area contributed by atoms with Gasteiger partial charge in [-0.05, 0) is 39.4 Å². The van der Waals surface area contributed by atoms with Crippen molar-refractivity contribution in [3.63, 3.8) is 0 Å². The number of rotatable bonds is 2. The van der Waals surface area contributed by atoms with Gasteiger partial charge < -0.3 is 4.52 Å². The lowest BCUT2D eigenvalue weighted by molar-refractivity contribution is 0.298. The Labute approximate surface area is 107 Å². The van der Waals surface area contributed by atoms with Gasteiger partial charge in [-0.2, -0.15) is 0 Å². The number of benzene rings is 1. The summed E-state index contributed by atoms with van der Waals surface area (Å²) in [7, 11) is 2.15. The van der Waals surface area contributed by atoms with Gasteiger partial charge in [0.1, 0.15) is 5.69 Å². The Bertz CT molecular complexity index is 547. The summed E-state index contributed by atoms with van der Waals surface area (Å²) >= 11 is 0. The fourth-order valence-corrected chi connectivity index (χ4v) is 2.66. The van der Waals surface area contributed by atoms with Crippen molar-refractivity contribution in [1.82, 2.24) is 10.1 Å². The van der Waals surface area contributed by atoms with Gasteiger partial charge in [0.2, 0.25) is 0 Å². The maximum Gasteiger partial charge on any atom is 0.167 e. The van der Waals surface area contributed by atoms with Crippen LogP contribution >= 0.6 is 0 Å². The van der Waals surface area contributed by atoms with Crippen LogP contribution in [0.2, 0.25) is 0 Å². The van der Waals surface area contributed by atoms with Crippen LogP contribution < -0.4 is 0 Å². The number of aromatic nitrogens is 1. The van der Waals surface area contributed by atoms with E-state index in [1.165, 1.54) is 18.4 Å². The standard InChI is InChI=1S/C15H18N2O/c1-11-5-3-6-12(9-11)15-10-13(16-18-15)14-7-4-8-17(14)2/h3,5-6,9-10,14H,4,7-8H2,1-2H3. The van der Waals surface area contributed by atoms with E-state index < -0.39 is 0 Å². The van der Waals surface area contributed by atoms with E-state index in [9.17, 15) is 0 Å².